The lowest BCUT2D eigenvalue weighted by molar-refractivity contribution is -0.116. The molecule has 0 unspecified atom stereocenters. The Balaban J connectivity index is 2.07. The molecule has 6 heteroatoms. The lowest BCUT2D eigenvalue weighted by Gasteiger charge is -2.26. The fourth-order valence-corrected chi connectivity index (χ4v) is 2.99. The third-order valence-electron chi connectivity index (χ3n) is 4.16. The van der Waals surface area contributed by atoms with Crippen LogP contribution in [0.25, 0.3) is 0 Å². The van der Waals surface area contributed by atoms with Crippen molar-refractivity contribution >= 4 is 11.7 Å². The highest BCUT2D eigenvalue weighted by Crippen LogP contribution is 2.43. The minimum Gasteiger partial charge on any atom is -0.493 e. The Morgan fingerprint density at radius 1 is 1.38 bits per heavy atom. The molecule has 1 aromatic heterocycles. The molecule has 1 N–H and O–H groups in total. The fraction of sp³-hybridized carbons (Fsp3) is 0.444. The Kier molecular flexibility index (Phi) is 4.46. The number of fused-ring (bicyclic) bond motifs is 1. The summed E-state index contributed by atoms with van der Waals surface area (Å²) < 4.78 is 13.2. The van der Waals surface area contributed by atoms with Gasteiger partial charge in [-0.15, -0.1) is 0 Å². The average molecular weight is 329 g/mol. The number of para-hydroxylation sites is 1. The summed E-state index contributed by atoms with van der Waals surface area (Å²) in [6.45, 7) is 4.79. The maximum atomic E-state index is 12.2. The van der Waals surface area contributed by atoms with Gasteiger partial charge in [0.25, 0.3) is 0 Å². The van der Waals surface area contributed by atoms with Crippen molar-refractivity contribution in [3.05, 3.63) is 35.5 Å². The van der Waals surface area contributed by atoms with Crippen molar-refractivity contribution < 1.29 is 14.3 Å². The van der Waals surface area contributed by atoms with E-state index in [9.17, 15) is 4.79 Å². The highest BCUT2D eigenvalue weighted by atomic mass is 16.5. The molecule has 0 saturated heterocycles. The van der Waals surface area contributed by atoms with Crippen LogP contribution in [0.1, 0.15) is 37.3 Å². The van der Waals surface area contributed by atoms with E-state index in [0.717, 1.165) is 16.9 Å². The molecule has 2 heterocycles. The zero-order valence-electron chi connectivity index (χ0n) is 14.5. The number of amides is 1. The van der Waals surface area contributed by atoms with Gasteiger partial charge in [-0.25, -0.2) is 0 Å². The lowest BCUT2D eigenvalue weighted by Crippen LogP contribution is -2.24. The van der Waals surface area contributed by atoms with E-state index >= 15 is 0 Å². The van der Waals surface area contributed by atoms with Crippen molar-refractivity contribution in [2.45, 2.75) is 26.2 Å². The number of rotatable bonds is 5. The number of hydrogen-bond acceptors (Lipinski definition) is 4. The first-order chi connectivity index (χ1) is 11.5. The summed E-state index contributed by atoms with van der Waals surface area (Å²) in [6, 6.07) is 5.81. The Hall–Kier alpha value is -2.50. The molecule has 1 amide bonds. The van der Waals surface area contributed by atoms with Gasteiger partial charge in [-0.1, -0.05) is 26.0 Å². The summed E-state index contributed by atoms with van der Waals surface area (Å²) in [5.41, 5.74) is 1.96. The summed E-state index contributed by atoms with van der Waals surface area (Å²) in [4.78, 5) is 12.2. The van der Waals surface area contributed by atoms with Crippen molar-refractivity contribution in [2.75, 3.05) is 19.0 Å². The van der Waals surface area contributed by atoms with Crippen molar-refractivity contribution in [3.63, 3.8) is 0 Å². The molecule has 0 aliphatic carbocycles. The van der Waals surface area contributed by atoms with E-state index in [1.165, 1.54) is 0 Å². The molecule has 1 aromatic carbocycles. The molecule has 128 valence electrons. The highest BCUT2D eigenvalue weighted by Gasteiger charge is 2.32. The van der Waals surface area contributed by atoms with E-state index in [1.807, 2.05) is 31.4 Å². The van der Waals surface area contributed by atoms with Crippen LogP contribution in [-0.2, 0) is 11.8 Å². The number of carbonyl (C=O) groups is 1. The normalized spacial score (nSPS) is 16.7. The first kappa shape index (κ1) is 16.4. The van der Waals surface area contributed by atoms with Crippen LogP contribution in [0.2, 0.25) is 0 Å². The molecular weight excluding hydrogens is 306 g/mol. The van der Waals surface area contributed by atoms with Gasteiger partial charge in [-0.05, 0) is 12.0 Å². The molecule has 0 saturated carbocycles. The molecule has 1 aliphatic heterocycles. The standard InChI is InChI=1S/C18H23N3O3/c1-11(2)10-24-17-12(6-5-7-15(17)23-4)13-8-16(22)20-18-14(13)9-19-21(18)3/h5-7,9,11,13H,8,10H2,1-4H3,(H,20,22)/t13-/m1/s1. The third-order valence-corrected chi connectivity index (χ3v) is 4.16. The quantitative estimate of drug-likeness (QED) is 0.916. The van der Waals surface area contributed by atoms with Crippen LogP contribution in [0, 0.1) is 5.92 Å². The van der Waals surface area contributed by atoms with Crippen LogP contribution >= 0.6 is 0 Å². The number of aromatic nitrogens is 2. The third kappa shape index (κ3) is 2.96. The maximum Gasteiger partial charge on any atom is 0.226 e. The van der Waals surface area contributed by atoms with Crippen LogP contribution in [0.5, 0.6) is 11.5 Å². The smallest absolute Gasteiger partial charge is 0.226 e. The number of hydrogen-bond donors (Lipinski definition) is 1. The van der Waals surface area contributed by atoms with Crippen LogP contribution < -0.4 is 14.8 Å². The number of ether oxygens (including phenoxy) is 2. The zero-order chi connectivity index (χ0) is 17.3. The molecule has 2 aromatic rings. The van der Waals surface area contributed by atoms with E-state index in [-0.39, 0.29) is 11.8 Å². The van der Waals surface area contributed by atoms with E-state index in [2.05, 4.69) is 24.3 Å². The first-order valence-corrected chi connectivity index (χ1v) is 8.12. The number of nitrogens with one attached hydrogen (secondary N) is 1. The molecule has 0 bridgehead atoms. The van der Waals surface area contributed by atoms with Crippen molar-refractivity contribution in [1.29, 1.82) is 0 Å². The summed E-state index contributed by atoms with van der Waals surface area (Å²) >= 11 is 0. The number of anilines is 1. The van der Waals surface area contributed by atoms with Crippen LogP contribution in [0.4, 0.5) is 5.82 Å². The summed E-state index contributed by atoms with van der Waals surface area (Å²) in [5, 5.41) is 7.18. The van der Waals surface area contributed by atoms with Crippen molar-refractivity contribution in [3.8, 4) is 11.5 Å². The van der Waals surface area contributed by atoms with Gasteiger partial charge in [0.05, 0.1) is 19.9 Å². The van der Waals surface area contributed by atoms with Crippen LogP contribution in [-0.4, -0.2) is 29.4 Å². The minimum atomic E-state index is -0.0975. The maximum absolute atomic E-state index is 12.2. The molecule has 0 radical (unpaired) electrons. The molecule has 6 nitrogen and oxygen atoms in total. The van der Waals surface area contributed by atoms with Gasteiger partial charge >= 0.3 is 0 Å². The van der Waals surface area contributed by atoms with E-state index in [4.69, 9.17) is 9.47 Å². The monoisotopic (exact) mass is 329 g/mol. The highest BCUT2D eigenvalue weighted by molar-refractivity contribution is 5.94. The molecule has 24 heavy (non-hydrogen) atoms. The topological polar surface area (TPSA) is 65.4 Å². The Bertz CT molecular complexity index is 752. The first-order valence-electron chi connectivity index (χ1n) is 8.12. The molecule has 3 rings (SSSR count). The van der Waals surface area contributed by atoms with Crippen LogP contribution in [0.3, 0.4) is 0 Å². The molecule has 0 spiro atoms. The second kappa shape index (κ2) is 6.55. The predicted octanol–water partition coefficient (Wildman–Crippen LogP) is 2.94. The Labute approximate surface area is 141 Å². The van der Waals surface area contributed by atoms with Gasteiger partial charge in [0.15, 0.2) is 11.5 Å². The van der Waals surface area contributed by atoms with E-state index < -0.39 is 0 Å². The fourth-order valence-electron chi connectivity index (χ4n) is 2.99. The van der Waals surface area contributed by atoms with Gasteiger partial charge in [-0.2, -0.15) is 5.10 Å². The number of nitrogens with zero attached hydrogens (tertiary/aromatic N) is 2. The minimum absolute atomic E-state index is 0.0197. The summed E-state index contributed by atoms with van der Waals surface area (Å²) in [7, 11) is 3.45. The van der Waals surface area contributed by atoms with E-state index in [0.29, 0.717) is 30.4 Å². The lowest BCUT2D eigenvalue weighted by atomic mass is 9.86. The number of carbonyl (C=O) groups excluding carboxylic acids is 1. The predicted molar refractivity (Wildman–Crippen MR) is 91.6 cm³/mol. The number of benzene rings is 1. The second-order valence-electron chi connectivity index (χ2n) is 6.46. The van der Waals surface area contributed by atoms with Crippen molar-refractivity contribution in [1.82, 2.24) is 9.78 Å². The molecule has 1 atom stereocenters. The van der Waals surface area contributed by atoms with Gasteiger partial charge in [-0.3, -0.25) is 9.48 Å². The average Bonchev–Trinajstić information content (AvgIpc) is 2.93. The summed E-state index contributed by atoms with van der Waals surface area (Å²) in [6.07, 6.45) is 2.18. The van der Waals surface area contributed by atoms with E-state index in [1.54, 1.807) is 11.8 Å². The van der Waals surface area contributed by atoms with Gasteiger partial charge in [0, 0.05) is 30.5 Å². The zero-order valence-corrected chi connectivity index (χ0v) is 14.5. The van der Waals surface area contributed by atoms with Crippen molar-refractivity contribution in [2.24, 2.45) is 13.0 Å². The summed E-state index contributed by atoms with van der Waals surface area (Å²) in [5.74, 6) is 2.42. The van der Waals surface area contributed by atoms with Gasteiger partial charge in [0.2, 0.25) is 5.91 Å². The Morgan fingerprint density at radius 3 is 2.88 bits per heavy atom. The number of methoxy groups -OCH3 is 1. The SMILES string of the molecule is COc1cccc([C@H]2CC(=O)Nc3c2cnn3C)c1OCC(C)C. The molecule has 1 aliphatic rings. The molecule has 0 fully saturated rings. The Morgan fingerprint density at radius 2 is 2.17 bits per heavy atom. The van der Waals surface area contributed by atoms with Gasteiger partial charge in [0.1, 0.15) is 5.82 Å². The van der Waals surface area contributed by atoms with Gasteiger partial charge < -0.3 is 14.8 Å². The second-order valence-corrected chi connectivity index (χ2v) is 6.46. The largest absolute Gasteiger partial charge is 0.493 e. The molecular formula is C18H23N3O3. The number of aryl methyl sites for hydroxylation is 1. The van der Waals surface area contributed by atoms with Crippen LogP contribution in [0.15, 0.2) is 24.4 Å².